The number of hydrogen-bond acceptors (Lipinski definition) is 4. The molecule has 2 aromatic rings. The monoisotopic (exact) mass is 263 g/mol. The normalized spacial score (nSPS) is 12.9. The summed E-state index contributed by atoms with van der Waals surface area (Å²) in [5.74, 6) is 1.07. The molecule has 0 aliphatic carbocycles. The van der Waals surface area contributed by atoms with Crippen molar-refractivity contribution in [2.45, 2.75) is 32.7 Å². The molecule has 0 bridgehead atoms. The zero-order valence-corrected chi connectivity index (χ0v) is 11.1. The molecule has 0 aliphatic heterocycles. The van der Waals surface area contributed by atoms with Crippen LogP contribution in [0.1, 0.15) is 43.6 Å². The SMILES string of the molecule is CC(C)C[C@@H](N)c1nc(Cc2ccccc2F)no1. The summed E-state index contributed by atoms with van der Waals surface area (Å²) in [6, 6.07) is 6.30. The van der Waals surface area contributed by atoms with Crippen LogP contribution < -0.4 is 5.73 Å². The predicted octanol–water partition coefficient (Wildman–Crippen LogP) is 2.85. The first-order chi connectivity index (χ1) is 9.06. The van der Waals surface area contributed by atoms with Gasteiger partial charge in [0.1, 0.15) is 5.82 Å². The Hall–Kier alpha value is -1.75. The average Bonchev–Trinajstić information content (AvgIpc) is 2.80. The summed E-state index contributed by atoms with van der Waals surface area (Å²) in [5.41, 5.74) is 6.51. The molecule has 1 heterocycles. The van der Waals surface area contributed by atoms with Crippen molar-refractivity contribution in [1.82, 2.24) is 10.1 Å². The van der Waals surface area contributed by atoms with E-state index in [4.69, 9.17) is 10.3 Å². The Morgan fingerprint density at radius 3 is 2.74 bits per heavy atom. The first kappa shape index (κ1) is 13.7. The Bertz CT molecular complexity index is 539. The van der Waals surface area contributed by atoms with Crippen molar-refractivity contribution in [3.8, 4) is 0 Å². The van der Waals surface area contributed by atoms with Gasteiger partial charge in [-0.05, 0) is 24.0 Å². The lowest BCUT2D eigenvalue weighted by Crippen LogP contribution is -2.13. The summed E-state index contributed by atoms with van der Waals surface area (Å²) in [5, 5.41) is 3.85. The Labute approximate surface area is 111 Å². The summed E-state index contributed by atoms with van der Waals surface area (Å²) in [6.07, 6.45) is 1.09. The average molecular weight is 263 g/mol. The molecule has 1 aromatic carbocycles. The van der Waals surface area contributed by atoms with Crippen LogP contribution in [0.4, 0.5) is 4.39 Å². The smallest absolute Gasteiger partial charge is 0.243 e. The van der Waals surface area contributed by atoms with Crippen LogP contribution in [0.2, 0.25) is 0 Å². The summed E-state index contributed by atoms with van der Waals surface area (Å²) in [6.45, 7) is 4.16. The highest BCUT2D eigenvalue weighted by Gasteiger charge is 2.16. The van der Waals surface area contributed by atoms with Gasteiger partial charge in [0.15, 0.2) is 5.82 Å². The second kappa shape index (κ2) is 5.93. The minimum Gasteiger partial charge on any atom is -0.338 e. The summed E-state index contributed by atoms with van der Waals surface area (Å²) < 4.78 is 18.6. The van der Waals surface area contributed by atoms with Crippen LogP contribution in [-0.4, -0.2) is 10.1 Å². The molecular formula is C14H18FN3O. The summed E-state index contributed by atoms with van der Waals surface area (Å²) >= 11 is 0. The molecule has 2 rings (SSSR count). The highest BCUT2D eigenvalue weighted by atomic mass is 19.1. The van der Waals surface area contributed by atoms with Gasteiger partial charge in [-0.3, -0.25) is 0 Å². The van der Waals surface area contributed by atoms with Gasteiger partial charge in [0.05, 0.1) is 6.04 Å². The van der Waals surface area contributed by atoms with Crippen molar-refractivity contribution in [3.63, 3.8) is 0 Å². The van der Waals surface area contributed by atoms with Gasteiger partial charge in [0, 0.05) is 6.42 Å². The van der Waals surface area contributed by atoms with Crippen LogP contribution in [0, 0.1) is 11.7 Å². The molecule has 0 spiro atoms. The Balaban J connectivity index is 2.07. The van der Waals surface area contributed by atoms with Crippen LogP contribution in [0.3, 0.4) is 0 Å². The van der Waals surface area contributed by atoms with Crippen LogP contribution in [-0.2, 0) is 6.42 Å². The first-order valence-corrected chi connectivity index (χ1v) is 6.37. The minimum atomic E-state index is -0.264. The summed E-state index contributed by atoms with van der Waals surface area (Å²) in [4.78, 5) is 4.23. The Morgan fingerprint density at radius 2 is 2.05 bits per heavy atom. The Morgan fingerprint density at radius 1 is 1.32 bits per heavy atom. The molecule has 0 unspecified atom stereocenters. The van der Waals surface area contributed by atoms with E-state index in [1.807, 2.05) is 0 Å². The third-order valence-corrected chi connectivity index (χ3v) is 2.83. The molecule has 19 heavy (non-hydrogen) atoms. The number of nitrogens with two attached hydrogens (primary N) is 1. The molecule has 0 saturated carbocycles. The third kappa shape index (κ3) is 3.61. The van der Waals surface area contributed by atoms with E-state index in [1.54, 1.807) is 18.2 Å². The van der Waals surface area contributed by atoms with Gasteiger partial charge in [0.2, 0.25) is 5.89 Å². The van der Waals surface area contributed by atoms with E-state index < -0.39 is 0 Å². The van der Waals surface area contributed by atoms with E-state index in [9.17, 15) is 4.39 Å². The van der Waals surface area contributed by atoms with Crippen LogP contribution in [0.25, 0.3) is 0 Å². The zero-order chi connectivity index (χ0) is 13.8. The van der Waals surface area contributed by atoms with Crippen molar-refractivity contribution in [3.05, 3.63) is 47.4 Å². The van der Waals surface area contributed by atoms with E-state index >= 15 is 0 Å². The molecule has 0 amide bonds. The number of nitrogens with zero attached hydrogens (tertiary/aromatic N) is 2. The fourth-order valence-electron chi connectivity index (χ4n) is 1.91. The maximum absolute atomic E-state index is 13.5. The Kier molecular flexibility index (Phi) is 4.27. The molecule has 2 N–H and O–H groups in total. The van der Waals surface area contributed by atoms with Crippen molar-refractivity contribution >= 4 is 0 Å². The van der Waals surface area contributed by atoms with Crippen molar-refractivity contribution < 1.29 is 8.91 Å². The molecule has 102 valence electrons. The molecule has 1 atom stereocenters. The van der Waals surface area contributed by atoms with Crippen molar-refractivity contribution in [1.29, 1.82) is 0 Å². The van der Waals surface area contributed by atoms with Gasteiger partial charge in [-0.2, -0.15) is 4.98 Å². The van der Waals surface area contributed by atoms with Gasteiger partial charge >= 0.3 is 0 Å². The lowest BCUT2D eigenvalue weighted by atomic mass is 10.0. The number of halogens is 1. The third-order valence-electron chi connectivity index (χ3n) is 2.83. The highest BCUT2D eigenvalue weighted by molar-refractivity contribution is 5.20. The molecule has 0 aliphatic rings. The van der Waals surface area contributed by atoms with Crippen LogP contribution >= 0.6 is 0 Å². The zero-order valence-electron chi connectivity index (χ0n) is 11.1. The number of benzene rings is 1. The largest absolute Gasteiger partial charge is 0.338 e. The fourth-order valence-corrected chi connectivity index (χ4v) is 1.91. The molecule has 4 nitrogen and oxygen atoms in total. The standard InChI is InChI=1S/C14H18FN3O/c1-9(2)7-12(16)14-17-13(18-19-14)8-10-5-3-4-6-11(10)15/h3-6,9,12H,7-8,16H2,1-2H3/t12-/m1/s1. The molecule has 1 aromatic heterocycles. The lowest BCUT2D eigenvalue weighted by molar-refractivity contribution is 0.332. The molecule has 0 radical (unpaired) electrons. The maximum atomic E-state index is 13.5. The van der Waals surface area contributed by atoms with Gasteiger partial charge in [-0.1, -0.05) is 37.2 Å². The van der Waals surface area contributed by atoms with E-state index in [0.29, 0.717) is 29.6 Å². The van der Waals surface area contributed by atoms with Gasteiger partial charge in [-0.25, -0.2) is 4.39 Å². The molecule has 0 saturated heterocycles. The second-order valence-electron chi connectivity index (χ2n) is 5.05. The second-order valence-corrected chi connectivity index (χ2v) is 5.05. The molecular weight excluding hydrogens is 245 g/mol. The molecule has 5 heteroatoms. The van der Waals surface area contributed by atoms with Crippen molar-refractivity contribution in [2.24, 2.45) is 11.7 Å². The van der Waals surface area contributed by atoms with E-state index in [2.05, 4.69) is 24.0 Å². The lowest BCUT2D eigenvalue weighted by Gasteiger charge is -2.08. The topological polar surface area (TPSA) is 64.9 Å². The number of hydrogen-bond donors (Lipinski definition) is 1. The maximum Gasteiger partial charge on any atom is 0.243 e. The van der Waals surface area contributed by atoms with Gasteiger partial charge < -0.3 is 10.3 Å². The minimum absolute atomic E-state index is 0.262. The number of rotatable bonds is 5. The summed E-state index contributed by atoms with van der Waals surface area (Å²) in [7, 11) is 0. The molecule has 0 fully saturated rings. The van der Waals surface area contributed by atoms with Crippen LogP contribution in [0.5, 0.6) is 0 Å². The first-order valence-electron chi connectivity index (χ1n) is 6.37. The predicted molar refractivity (Wildman–Crippen MR) is 69.9 cm³/mol. The number of aromatic nitrogens is 2. The van der Waals surface area contributed by atoms with E-state index in [0.717, 1.165) is 6.42 Å². The van der Waals surface area contributed by atoms with E-state index in [1.165, 1.54) is 6.07 Å². The van der Waals surface area contributed by atoms with Gasteiger partial charge in [0.25, 0.3) is 0 Å². The highest BCUT2D eigenvalue weighted by Crippen LogP contribution is 2.18. The fraction of sp³-hybridized carbons (Fsp3) is 0.429. The van der Waals surface area contributed by atoms with Crippen molar-refractivity contribution in [2.75, 3.05) is 0 Å². The van der Waals surface area contributed by atoms with Crippen LogP contribution in [0.15, 0.2) is 28.8 Å². The quantitative estimate of drug-likeness (QED) is 0.900. The van der Waals surface area contributed by atoms with E-state index in [-0.39, 0.29) is 11.9 Å². The van der Waals surface area contributed by atoms with Gasteiger partial charge in [-0.15, -0.1) is 0 Å².